The summed E-state index contributed by atoms with van der Waals surface area (Å²) in [6.07, 6.45) is 4.56. The molecule has 4 heterocycles. The highest BCUT2D eigenvalue weighted by Gasteiger charge is 2.30. The number of rotatable bonds is 7. The molecule has 0 N–H and O–H groups in total. The smallest absolute Gasteiger partial charge is 0.323 e. The third-order valence-electron chi connectivity index (χ3n) is 7.44. The number of fused-ring (bicyclic) bond motifs is 1. The fraction of sp³-hybridized carbons (Fsp3) is 0.517. The molecular formula is C29H37N5O4. The molecule has 3 aromatic rings. The van der Waals surface area contributed by atoms with Crippen molar-refractivity contribution in [3.8, 4) is 5.75 Å². The van der Waals surface area contributed by atoms with Gasteiger partial charge in [0.15, 0.2) is 11.3 Å². The van der Waals surface area contributed by atoms with E-state index >= 15 is 0 Å². The Labute approximate surface area is 223 Å². The number of benzene rings is 1. The summed E-state index contributed by atoms with van der Waals surface area (Å²) in [6.45, 7) is 9.00. The molecule has 5 rings (SSSR count). The molecular weight excluding hydrogens is 482 g/mol. The molecule has 0 radical (unpaired) electrons. The zero-order valence-corrected chi connectivity index (χ0v) is 22.6. The van der Waals surface area contributed by atoms with Gasteiger partial charge in [-0.15, -0.1) is 0 Å². The SMILES string of the molecule is CCOC(=O)[C@@H]1CCCCN1Cc1cccc(OC2CCN(C(=O)c3cc4nc(C)cc(C)n4n3)CC2)c1. The van der Waals surface area contributed by atoms with Crippen LogP contribution in [0.5, 0.6) is 5.75 Å². The second-order valence-corrected chi connectivity index (χ2v) is 10.3. The lowest BCUT2D eigenvalue weighted by atomic mass is 10.0. The van der Waals surface area contributed by atoms with E-state index in [-0.39, 0.29) is 24.0 Å². The van der Waals surface area contributed by atoms with Crippen molar-refractivity contribution in [3.63, 3.8) is 0 Å². The lowest BCUT2D eigenvalue weighted by molar-refractivity contribution is -0.151. The first-order chi connectivity index (χ1) is 18.4. The van der Waals surface area contributed by atoms with Crippen LogP contribution >= 0.6 is 0 Å². The van der Waals surface area contributed by atoms with Crippen molar-refractivity contribution in [2.45, 2.75) is 71.6 Å². The molecule has 2 aliphatic rings. The first-order valence-corrected chi connectivity index (χ1v) is 13.7. The van der Waals surface area contributed by atoms with Gasteiger partial charge in [0.05, 0.1) is 6.61 Å². The van der Waals surface area contributed by atoms with Crippen molar-refractivity contribution in [1.82, 2.24) is 24.4 Å². The Hall–Kier alpha value is -3.46. The second kappa shape index (κ2) is 11.5. The van der Waals surface area contributed by atoms with Crippen molar-refractivity contribution in [2.24, 2.45) is 0 Å². The summed E-state index contributed by atoms with van der Waals surface area (Å²) < 4.78 is 13.4. The number of likely N-dealkylation sites (tertiary alicyclic amines) is 2. The third-order valence-corrected chi connectivity index (χ3v) is 7.44. The second-order valence-electron chi connectivity index (χ2n) is 10.3. The maximum atomic E-state index is 13.1. The molecule has 0 unspecified atom stereocenters. The minimum atomic E-state index is -0.174. The number of hydrogen-bond acceptors (Lipinski definition) is 7. The number of hydrogen-bond donors (Lipinski definition) is 0. The zero-order valence-electron chi connectivity index (χ0n) is 22.6. The van der Waals surface area contributed by atoms with E-state index < -0.39 is 0 Å². The Morgan fingerprint density at radius 2 is 1.84 bits per heavy atom. The zero-order chi connectivity index (χ0) is 26.6. The molecule has 2 fully saturated rings. The minimum Gasteiger partial charge on any atom is -0.490 e. The van der Waals surface area contributed by atoms with Crippen LogP contribution < -0.4 is 4.74 Å². The predicted octanol–water partition coefficient (Wildman–Crippen LogP) is 3.95. The average Bonchev–Trinajstić information content (AvgIpc) is 3.34. The number of amides is 1. The van der Waals surface area contributed by atoms with Crippen LogP contribution in [0.3, 0.4) is 0 Å². The van der Waals surface area contributed by atoms with Gasteiger partial charge >= 0.3 is 5.97 Å². The molecule has 2 aliphatic heterocycles. The number of piperidine rings is 2. The van der Waals surface area contributed by atoms with E-state index in [1.54, 1.807) is 10.6 Å². The molecule has 0 bridgehead atoms. The Morgan fingerprint density at radius 1 is 1.03 bits per heavy atom. The maximum Gasteiger partial charge on any atom is 0.323 e. The Kier molecular flexibility index (Phi) is 7.93. The molecule has 0 saturated carbocycles. The summed E-state index contributed by atoms with van der Waals surface area (Å²) in [5, 5.41) is 4.50. The van der Waals surface area contributed by atoms with Crippen molar-refractivity contribution < 1.29 is 19.1 Å². The van der Waals surface area contributed by atoms with Gasteiger partial charge in [0.25, 0.3) is 5.91 Å². The van der Waals surface area contributed by atoms with Crippen LogP contribution in [0, 0.1) is 13.8 Å². The summed E-state index contributed by atoms with van der Waals surface area (Å²) in [7, 11) is 0. The van der Waals surface area contributed by atoms with Gasteiger partial charge in [-0.05, 0) is 63.9 Å². The first-order valence-electron chi connectivity index (χ1n) is 13.7. The Morgan fingerprint density at radius 3 is 2.63 bits per heavy atom. The maximum absolute atomic E-state index is 13.1. The quantitative estimate of drug-likeness (QED) is 0.437. The van der Waals surface area contributed by atoms with E-state index in [1.807, 2.05) is 43.9 Å². The Balaban J connectivity index is 1.17. The summed E-state index contributed by atoms with van der Waals surface area (Å²) in [5.74, 6) is 0.644. The van der Waals surface area contributed by atoms with Crippen molar-refractivity contribution in [1.29, 1.82) is 0 Å². The van der Waals surface area contributed by atoms with Gasteiger partial charge in [0.2, 0.25) is 0 Å². The van der Waals surface area contributed by atoms with Crippen LogP contribution in [0.2, 0.25) is 0 Å². The van der Waals surface area contributed by atoms with E-state index in [0.717, 1.165) is 61.3 Å². The van der Waals surface area contributed by atoms with E-state index in [0.29, 0.717) is 37.6 Å². The van der Waals surface area contributed by atoms with E-state index in [4.69, 9.17) is 9.47 Å². The number of nitrogens with zero attached hydrogens (tertiary/aromatic N) is 5. The fourth-order valence-electron chi connectivity index (χ4n) is 5.56. The highest BCUT2D eigenvalue weighted by Crippen LogP contribution is 2.25. The molecule has 9 heteroatoms. The standard InChI is InChI=1S/C29H37N5O4/c1-4-37-29(36)26-10-5-6-13-33(26)19-22-8-7-9-24(17-22)38-23-11-14-32(15-12-23)28(35)25-18-27-30-20(2)16-21(3)34(27)31-25/h7-9,16-18,23,26H,4-6,10-15,19H2,1-3H3/t26-/m0/s1. The first kappa shape index (κ1) is 26.2. The Bertz CT molecular complexity index is 1300. The van der Waals surface area contributed by atoms with Crippen molar-refractivity contribution >= 4 is 17.5 Å². The minimum absolute atomic E-state index is 0.0456. The molecule has 9 nitrogen and oxygen atoms in total. The van der Waals surface area contributed by atoms with Crippen LogP contribution in [-0.4, -0.2) is 74.7 Å². The highest BCUT2D eigenvalue weighted by atomic mass is 16.5. The third kappa shape index (κ3) is 5.83. The van der Waals surface area contributed by atoms with E-state index in [2.05, 4.69) is 27.1 Å². The summed E-state index contributed by atoms with van der Waals surface area (Å²) in [6, 6.07) is 11.7. The van der Waals surface area contributed by atoms with Crippen LogP contribution in [0.1, 0.15) is 66.5 Å². The summed E-state index contributed by atoms with van der Waals surface area (Å²) in [4.78, 5) is 34.1. The average molecular weight is 520 g/mol. The molecule has 38 heavy (non-hydrogen) atoms. The lowest BCUT2D eigenvalue weighted by Gasteiger charge is -2.34. The van der Waals surface area contributed by atoms with Gasteiger partial charge in [0.1, 0.15) is 17.9 Å². The van der Waals surface area contributed by atoms with Crippen LogP contribution in [-0.2, 0) is 16.1 Å². The van der Waals surface area contributed by atoms with Crippen LogP contribution in [0.15, 0.2) is 36.4 Å². The van der Waals surface area contributed by atoms with Gasteiger partial charge in [0, 0.05) is 49.9 Å². The van der Waals surface area contributed by atoms with E-state index in [1.165, 1.54) is 0 Å². The monoisotopic (exact) mass is 519 g/mol. The fourth-order valence-corrected chi connectivity index (χ4v) is 5.56. The number of ether oxygens (including phenoxy) is 2. The molecule has 2 aromatic heterocycles. The van der Waals surface area contributed by atoms with Gasteiger partial charge in [-0.3, -0.25) is 14.5 Å². The number of carbonyl (C=O) groups is 2. The molecule has 1 aromatic carbocycles. The largest absolute Gasteiger partial charge is 0.490 e. The van der Waals surface area contributed by atoms with Gasteiger partial charge in [-0.2, -0.15) is 5.10 Å². The molecule has 0 spiro atoms. The summed E-state index contributed by atoms with van der Waals surface area (Å²) >= 11 is 0. The van der Waals surface area contributed by atoms with E-state index in [9.17, 15) is 9.59 Å². The number of aryl methyl sites for hydroxylation is 2. The summed E-state index contributed by atoms with van der Waals surface area (Å²) in [5.41, 5.74) is 4.11. The predicted molar refractivity (Wildman–Crippen MR) is 143 cm³/mol. The van der Waals surface area contributed by atoms with Crippen molar-refractivity contribution in [3.05, 3.63) is 59.0 Å². The van der Waals surface area contributed by atoms with Gasteiger partial charge in [-0.25, -0.2) is 9.50 Å². The van der Waals surface area contributed by atoms with Crippen molar-refractivity contribution in [2.75, 3.05) is 26.2 Å². The number of aromatic nitrogens is 3. The van der Waals surface area contributed by atoms with Crippen LogP contribution in [0.25, 0.3) is 5.65 Å². The molecule has 202 valence electrons. The van der Waals surface area contributed by atoms with Crippen LogP contribution in [0.4, 0.5) is 0 Å². The highest BCUT2D eigenvalue weighted by molar-refractivity contribution is 5.93. The molecule has 1 atom stereocenters. The normalized spacial score (nSPS) is 19.0. The topological polar surface area (TPSA) is 89.3 Å². The van der Waals surface area contributed by atoms with Gasteiger partial charge < -0.3 is 14.4 Å². The molecule has 1 amide bonds. The van der Waals surface area contributed by atoms with Gasteiger partial charge in [-0.1, -0.05) is 18.6 Å². The molecule has 0 aliphatic carbocycles. The lowest BCUT2D eigenvalue weighted by Crippen LogP contribution is -2.44. The molecule has 2 saturated heterocycles. The number of esters is 1. The number of carbonyl (C=O) groups excluding carboxylic acids is 2.